The maximum atomic E-state index is 13.9. The van der Waals surface area contributed by atoms with E-state index in [0.29, 0.717) is 11.4 Å². The third kappa shape index (κ3) is 6.67. The second kappa shape index (κ2) is 11.3. The SMILES string of the molecule is Cc1c(NC(=O)CC(C)(O)CCC(=O)c2cc(Cl)c(F)cc2OC(C)C)c(=O)n(-c2ccccc2)n1C. The molecule has 8 nitrogen and oxygen atoms in total. The Balaban J connectivity index is 1.70. The molecule has 1 unspecified atom stereocenters. The highest BCUT2D eigenvalue weighted by Gasteiger charge is 2.28. The van der Waals surface area contributed by atoms with Gasteiger partial charge in [-0.1, -0.05) is 29.8 Å². The molecule has 0 radical (unpaired) electrons. The molecule has 3 rings (SSSR count). The van der Waals surface area contributed by atoms with Crippen molar-refractivity contribution in [1.82, 2.24) is 9.36 Å². The number of ketones is 1. The van der Waals surface area contributed by atoms with E-state index in [9.17, 15) is 23.9 Å². The number of anilines is 1. The molecule has 1 aromatic heterocycles. The Kier molecular flexibility index (Phi) is 8.60. The number of halogens is 2. The average Bonchev–Trinajstić information content (AvgIpc) is 3.02. The fourth-order valence-corrected chi connectivity index (χ4v) is 4.11. The summed E-state index contributed by atoms with van der Waals surface area (Å²) in [5, 5.41) is 13.2. The number of benzene rings is 2. The van der Waals surface area contributed by atoms with Crippen molar-refractivity contribution in [3.63, 3.8) is 0 Å². The number of Topliss-reactive ketones (excluding diaryl/α,β-unsaturated/α-hetero) is 1. The molecule has 0 bridgehead atoms. The number of nitrogens with one attached hydrogen (secondary N) is 1. The quantitative estimate of drug-likeness (QED) is 0.366. The van der Waals surface area contributed by atoms with E-state index in [2.05, 4.69) is 5.32 Å². The highest BCUT2D eigenvalue weighted by atomic mass is 35.5. The summed E-state index contributed by atoms with van der Waals surface area (Å²) >= 11 is 5.87. The van der Waals surface area contributed by atoms with Crippen LogP contribution in [0.15, 0.2) is 47.3 Å². The first-order chi connectivity index (χ1) is 17.3. The second-order valence-electron chi connectivity index (χ2n) is 9.51. The summed E-state index contributed by atoms with van der Waals surface area (Å²) in [5.74, 6) is -1.63. The molecule has 0 spiro atoms. The van der Waals surface area contributed by atoms with Crippen molar-refractivity contribution in [3.05, 3.63) is 74.9 Å². The molecule has 2 aromatic carbocycles. The molecular formula is C27H31ClFN3O5. The Bertz CT molecular complexity index is 1360. The van der Waals surface area contributed by atoms with Crippen LogP contribution in [0.25, 0.3) is 5.69 Å². The van der Waals surface area contributed by atoms with Gasteiger partial charge in [0.05, 0.1) is 40.1 Å². The molecule has 1 atom stereocenters. The summed E-state index contributed by atoms with van der Waals surface area (Å²) in [5.41, 5.74) is -0.556. The lowest BCUT2D eigenvalue weighted by molar-refractivity contribution is -0.120. The summed E-state index contributed by atoms with van der Waals surface area (Å²) in [6.45, 7) is 6.63. The number of aromatic nitrogens is 2. The molecule has 0 fully saturated rings. The van der Waals surface area contributed by atoms with Gasteiger partial charge in [-0.15, -0.1) is 0 Å². The van der Waals surface area contributed by atoms with Gasteiger partial charge in [-0.05, 0) is 52.3 Å². The lowest BCUT2D eigenvalue weighted by Gasteiger charge is -2.22. The molecule has 0 aliphatic rings. The van der Waals surface area contributed by atoms with Gasteiger partial charge in [0.2, 0.25) is 5.91 Å². The van der Waals surface area contributed by atoms with Crippen LogP contribution >= 0.6 is 11.6 Å². The van der Waals surface area contributed by atoms with Crippen LogP contribution in [0.2, 0.25) is 5.02 Å². The number of aliphatic hydroxyl groups is 1. The molecule has 1 amide bonds. The van der Waals surface area contributed by atoms with Gasteiger partial charge in [0.15, 0.2) is 5.78 Å². The Morgan fingerprint density at radius 2 is 1.86 bits per heavy atom. The van der Waals surface area contributed by atoms with E-state index >= 15 is 0 Å². The summed E-state index contributed by atoms with van der Waals surface area (Å²) in [6.07, 6.45) is -0.843. The molecule has 1 heterocycles. The number of carbonyl (C=O) groups excluding carboxylic acids is 2. The zero-order valence-corrected chi connectivity index (χ0v) is 22.2. The van der Waals surface area contributed by atoms with E-state index in [0.717, 1.165) is 6.07 Å². The highest BCUT2D eigenvalue weighted by Crippen LogP contribution is 2.30. The van der Waals surface area contributed by atoms with Crippen molar-refractivity contribution < 1.29 is 23.8 Å². The smallest absolute Gasteiger partial charge is 0.295 e. The minimum atomic E-state index is -1.55. The maximum absolute atomic E-state index is 13.9. The summed E-state index contributed by atoms with van der Waals surface area (Å²) in [6, 6.07) is 11.3. The number of rotatable bonds is 10. The number of amides is 1. The maximum Gasteiger partial charge on any atom is 0.295 e. The number of nitrogens with zero attached hydrogens (tertiary/aromatic N) is 2. The van der Waals surface area contributed by atoms with E-state index in [1.807, 2.05) is 6.07 Å². The zero-order valence-electron chi connectivity index (χ0n) is 21.5. The molecule has 0 aliphatic carbocycles. The van der Waals surface area contributed by atoms with Crippen LogP contribution in [0.3, 0.4) is 0 Å². The third-order valence-electron chi connectivity index (χ3n) is 5.94. The van der Waals surface area contributed by atoms with Gasteiger partial charge in [-0.25, -0.2) is 9.07 Å². The topological polar surface area (TPSA) is 103 Å². The van der Waals surface area contributed by atoms with E-state index in [1.165, 1.54) is 17.7 Å². The van der Waals surface area contributed by atoms with Crippen LogP contribution in [0.5, 0.6) is 5.75 Å². The van der Waals surface area contributed by atoms with Gasteiger partial charge in [-0.3, -0.25) is 19.1 Å². The van der Waals surface area contributed by atoms with Crippen molar-refractivity contribution in [2.45, 2.75) is 58.7 Å². The molecule has 10 heteroatoms. The van der Waals surface area contributed by atoms with Gasteiger partial charge in [-0.2, -0.15) is 0 Å². The first-order valence-corrected chi connectivity index (χ1v) is 12.2. The highest BCUT2D eigenvalue weighted by molar-refractivity contribution is 6.31. The van der Waals surface area contributed by atoms with Gasteiger partial charge >= 0.3 is 0 Å². The van der Waals surface area contributed by atoms with Gasteiger partial charge in [0, 0.05) is 19.5 Å². The largest absolute Gasteiger partial charge is 0.490 e. The van der Waals surface area contributed by atoms with Crippen LogP contribution in [0, 0.1) is 12.7 Å². The first kappa shape index (κ1) is 28.1. The van der Waals surface area contributed by atoms with Crippen LogP contribution in [-0.4, -0.2) is 37.9 Å². The van der Waals surface area contributed by atoms with Gasteiger partial charge in [0.1, 0.15) is 17.3 Å². The fraction of sp³-hybridized carbons (Fsp3) is 0.370. The first-order valence-electron chi connectivity index (χ1n) is 11.9. The van der Waals surface area contributed by atoms with E-state index in [-0.39, 0.29) is 47.4 Å². The third-order valence-corrected chi connectivity index (χ3v) is 6.23. The number of ether oxygens (including phenoxy) is 1. The number of carbonyl (C=O) groups is 2. The average molecular weight is 532 g/mol. The Labute approximate surface area is 219 Å². The van der Waals surface area contributed by atoms with Crippen molar-refractivity contribution >= 4 is 29.0 Å². The number of hydrogen-bond acceptors (Lipinski definition) is 5. The fourth-order valence-electron chi connectivity index (χ4n) is 3.95. The molecule has 198 valence electrons. The van der Waals surface area contributed by atoms with Gasteiger partial charge < -0.3 is 15.2 Å². The molecule has 0 saturated heterocycles. The Morgan fingerprint density at radius 3 is 2.49 bits per heavy atom. The minimum absolute atomic E-state index is 0.0581. The number of hydrogen-bond donors (Lipinski definition) is 2. The van der Waals surface area contributed by atoms with Crippen LogP contribution in [0.1, 0.15) is 56.1 Å². The summed E-state index contributed by atoms with van der Waals surface area (Å²) in [7, 11) is 1.71. The predicted molar refractivity (Wildman–Crippen MR) is 140 cm³/mol. The lowest BCUT2D eigenvalue weighted by Crippen LogP contribution is -2.32. The van der Waals surface area contributed by atoms with E-state index in [1.54, 1.807) is 56.8 Å². The molecule has 3 aromatic rings. The Morgan fingerprint density at radius 1 is 1.22 bits per heavy atom. The Hall–Kier alpha value is -3.43. The monoisotopic (exact) mass is 531 g/mol. The lowest BCUT2D eigenvalue weighted by atomic mass is 9.92. The van der Waals surface area contributed by atoms with Crippen molar-refractivity contribution in [3.8, 4) is 11.4 Å². The van der Waals surface area contributed by atoms with Gasteiger partial charge in [0.25, 0.3) is 5.56 Å². The van der Waals surface area contributed by atoms with Crippen molar-refractivity contribution in [2.24, 2.45) is 7.05 Å². The summed E-state index contributed by atoms with van der Waals surface area (Å²) < 4.78 is 22.5. The summed E-state index contributed by atoms with van der Waals surface area (Å²) in [4.78, 5) is 38.7. The normalized spacial score (nSPS) is 12.9. The van der Waals surface area contributed by atoms with Crippen LogP contribution in [0.4, 0.5) is 10.1 Å². The molecule has 2 N–H and O–H groups in total. The van der Waals surface area contributed by atoms with E-state index in [4.69, 9.17) is 16.3 Å². The molecular weight excluding hydrogens is 501 g/mol. The van der Waals surface area contributed by atoms with E-state index < -0.39 is 28.7 Å². The second-order valence-corrected chi connectivity index (χ2v) is 9.92. The predicted octanol–water partition coefficient (Wildman–Crippen LogP) is 4.81. The zero-order chi connectivity index (χ0) is 27.5. The van der Waals surface area contributed by atoms with Crippen LogP contribution < -0.4 is 15.6 Å². The van der Waals surface area contributed by atoms with Crippen LogP contribution in [-0.2, 0) is 11.8 Å². The van der Waals surface area contributed by atoms with Crippen molar-refractivity contribution in [2.75, 3.05) is 5.32 Å². The molecule has 0 aliphatic heterocycles. The standard InChI is InChI=1S/C27H31ClFN3O5/c1-16(2)37-23-14-21(29)20(28)13-19(23)22(33)11-12-27(4,36)15-24(34)30-25-17(3)31(5)32(26(25)35)18-9-7-6-8-10-18/h6-10,13-14,16,36H,11-12,15H2,1-5H3,(H,30,34). The molecule has 37 heavy (non-hydrogen) atoms. The number of para-hydroxylation sites is 1. The van der Waals surface area contributed by atoms with Crippen molar-refractivity contribution in [1.29, 1.82) is 0 Å². The minimum Gasteiger partial charge on any atom is -0.490 e. The molecule has 0 saturated carbocycles.